The summed E-state index contributed by atoms with van der Waals surface area (Å²) in [4.78, 5) is 18.7. The number of aryl methyl sites for hydroxylation is 1. The number of piperidine rings is 1. The average Bonchev–Trinajstić information content (AvgIpc) is 3.23. The van der Waals surface area contributed by atoms with Crippen molar-refractivity contribution in [2.24, 2.45) is 7.05 Å². The summed E-state index contributed by atoms with van der Waals surface area (Å²) in [6.07, 6.45) is 5.91. The number of hydrogen-bond donors (Lipinski definition) is 0. The van der Waals surface area contributed by atoms with Crippen LogP contribution in [0.2, 0.25) is 0 Å². The Labute approximate surface area is 146 Å². The molecule has 4 rings (SSSR count). The summed E-state index contributed by atoms with van der Waals surface area (Å²) in [5, 5.41) is 4.08. The molecule has 1 amide bonds. The monoisotopic (exact) mass is 342 g/mol. The Morgan fingerprint density at radius 3 is 2.80 bits per heavy atom. The molecular weight excluding hydrogens is 320 g/mol. The molecule has 0 aliphatic carbocycles. The highest BCUT2D eigenvalue weighted by molar-refractivity contribution is 5.92. The van der Waals surface area contributed by atoms with Gasteiger partial charge in [0.2, 0.25) is 5.88 Å². The number of hydrogen-bond acceptors (Lipinski definition) is 5. The number of ether oxygens (including phenoxy) is 2. The van der Waals surface area contributed by atoms with Gasteiger partial charge >= 0.3 is 0 Å². The smallest absolute Gasteiger partial charge is 0.272 e. The fourth-order valence-electron chi connectivity index (χ4n) is 3.68. The van der Waals surface area contributed by atoms with Crippen molar-refractivity contribution in [1.29, 1.82) is 0 Å². The highest BCUT2D eigenvalue weighted by atomic mass is 16.6. The van der Waals surface area contributed by atoms with Crippen molar-refractivity contribution < 1.29 is 14.3 Å². The minimum absolute atomic E-state index is 0.0224. The van der Waals surface area contributed by atoms with Gasteiger partial charge in [0.05, 0.1) is 12.2 Å². The van der Waals surface area contributed by atoms with Crippen LogP contribution < -0.4 is 4.74 Å². The Morgan fingerprint density at radius 1 is 1.28 bits per heavy atom. The molecule has 2 aliphatic rings. The molecule has 2 aromatic heterocycles. The van der Waals surface area contributed by atoms with Crippen molar-refractivity contribution in [2.75, 3.05) is 19.7 Å². The van der Waals surface area contributed by atoms with E-state index in [-0.39, 0.29) is 17.6 Å². The van der Waals surface area contributed by atoms with Crippen LogP contribution in [-0.4, -0.2) is 57.0 Å². The summed E-state index contributed by atoms with van der Waals surface area (Å²) < 4.78 is 13.6. The number of pyridine rings is 1. The Morgan fingerprint density at radius 2 is 2.12 bits per heavy atom. The highest BCUT2D eigenvalue weighted by Crippen LogP contribution is 2.37. The first-order valence-corrected chi connectivity index (χ1v) is 8.64. The van der Waals surface area contributed by atoms with E-state index in [2.05, 4.69) is 10.1 Å². The van der Waals surface area contributed by atoms with Gasteiger partial charge in [-0.05, 0) is 25.0 Å². The lowest BCUT2D eigenvalue weighted by Crippen LogP contribution is -2.47. The van der Waals surface area contributed by atoms with Crippen molar-refractivity contribution in [3.05, 3.63) is 42.4 Å². The van der Waals surface area contributed by atoms with Gasteiger partial charge in [-0.2, -0.15) is 5.10 Å². The predicted octanol–water partition coefficient (Wildman–Crippen LogP) is 1.66. The third kappa shape index (κ3) is 3.24. The molecular formula is C18H22N4O3. The van der Waals surface area contributed by atoms with Gasteiger partial charge in [0, 0.05) is 45.0 Å². The third-order valence-corrected chi connectivity index (χ3v) is 5.10. The molecule has 1 unspecified atom stereocenters. The molecule has 0 saturated carbocycles. The lowest BCUT2D eigenvalue weighted by atomic mass is 9.88. The van der Waals surface area contributed by atoms with Gasteiger partial charge in [-0.1, -0.05) is 6.07 Å². The van der Waals surface area contributed by atoms with Gasteiger partial charge in [-0.3, -0.25) is 9.48 Å². The van der Waals surface area contributed by atoms with E-state index in [0.29, 0.717) is 31.3 Å². The predicted molar refractivity (Wildman–Crippen MR) is 90.3 cm³/mol. The van der Waals surface area contributed by atoms with Crippen molar-refractivity contribution >= 4 is 5.91 Å². The number of carbonyl (C=O) groups excluding carboxylic acids is 1. The molecule has 7 nitrogen and oxygen atoms in total. The molecule has 2 aliphatic heterocycles. The number of carbonyl (C=O) groups is 1. The fourth-order valence-corrected chi connectivity index (χ4v) is 3.68. The largest absolute Gasteiger partial charge is 0.472 e. The van der Waals surface area contributed by atoms with Crippen LogP contribution in [0.1, 0.15) is 29.8 Å². The van der Waals surface area contributed by atoms with E-state index < -0.39 is 0 Å². The molecule has 0 radical (unpaired) electrons. The SMILES string of the molecule is Cn1nccc1C(=O)N1CCC2(CC1)CC(Oc1ccccn1)CO2. The summed E-state index contributed by atoms with van der Waals surface area (Å²) in [6, 6.07) is 7.40. The number of rotatable bonds is 3. The lowest BCUT2D eigenvalue weighted by Gasteiger charge is -2.38. The quantitative estimate of drug-likeness (QED) is 0.848. The molecule has 1 atom stereocenters. The van der Waals surface area contributed by atoms with Crippen molar-refractivity contribution in [3.63, 3.8) is 0 Å². The van der Waals surface area contributed by atoms with Gasteiger partial charge < -0.3 is 14.4 Å². The molecule has 2 aromatic rings. The lowest BCUT2D eigenvalue weighted by molar-refractivity contribution is -0.0397. The number of amides is 1. The molecule has 132 valence electrons. The second-order valence-corrected chi connectivity index (χ2v) is 6.74. The molecule has 4 heterocycles. The van der Waals surface area contributed by atoms with Crippen LogP contribution >= 0.6 is 0 Å². The molecule has 0 N–H and O–H groups in total. The van der Waals surface area contributed by atoms with Crippen molar-refractivity contribution in [1.82, 2.24) is 19.7 Å². The Balaban J connectivity index is 1.34. The molecule has 25 heavy (non-hydrogen) atoms. The van der Waals surface area contributed by atoms with Crippen LogP contribution in [0.3, 0.4) is 0 Å². The Bertz CT molecular complexity index is 738. The maximum atomic E-state index is 12.6. The number of aromatic nitrogens is 3. The van der Waals surface area contributed by atoms with E-state index in [1.807, 2.05) is 23.1 Å². The van der Waals surface area contributed by atoms with E-state index in [0.717, 1.165) is 19.3 Å². The van der Waals surface area contributed by atoms with Gasteiger partial charge in [-0.15, -0.1) is 0 Å². The van der Waals surface area contributed by atoms with E-state index in [4.69, 9.17) is 9.47 Å². The minimum Gasteiger partial charge on any atom is -0.472 e. The summed E-state index contributed by atoms with van der Waals surface area (Å²) >= 11 is 0. The molecule has 1 spiro atoms. The van der Waals surface area contributed by atoms with Crippen LogP contribution in [0, 0.1) is 0 Å². The first kappa shape index (κ1) is 16.1. The average molecular weight is 342 g/mol. The van der Waals surface area contributed by atoms with Gasteiger partial charge in [0.1, 0.15) is 11.8 Å². The molecule has 2 saturated heterocycles. The second-order valence-electron chi connectivity index (χ2n) is 6.74. The van der Waals surface area contributed by atoms with E-state index in [9.17, 15) is 4.79 Å². The maximum Gasteiger partial charge on any atom is 0.272 e. The summed E-state index contributed by atoms with van der Waals surface area (Å²) in [5.41, 5.74) is 0.447. The molecule has 0 aromatic carbocycles. The first-order valence-electron chi connectivity index (χ1n) is 8.64. The van der Waals surface area contributed by atoms with Crippen LogP contribution in [0.15, 0.2) is 36.7 Å². The third-order valence-electron chi connectivity index (χ3n) is 5.10. The first-order chi connectivity index (χ1) is 12.2. The zero-order chi connectivity index (χ0) is 17.3. The normalized spacial score (nSPS) is 22.3. The zero-order valence-electron chi connectivity index (χ0n) is 14.3. The minimum atomic E-state index is -0.178. The van der Waals surface area contributed by atoms with Gasteiger partial charge in [0.15, 0.2) is 0 Å². The highest BCUT2D eigenvalue weighted by Gasteiger charge is 2.44. The zero-order valence-corrected chi connectivity index (χ0v) is 14.3. The maximum absolute atomic E-state index is 12.6. The Hall–Kier alpha value is -2.41. The van der Waals surface area contributed by atoms with Crippen molar-refractivity contribution in [2.45, 2.75) is 31.0 Å². The standard InChI is InChI=1S/C18H22N4O3/c1-21-15(5-9-20-21)17(23)22-10-6-18(7-11-22)12-14(13-24-18)25-16-4-2-3-8-19-16/h2-5,8-9,14H,6-7,10-13H2,1H3. The van der Waals surface area contributed by atoms with E-state index in [1.54, 1.807) is 30.2 Å². The van der Waals surface area contributed by atoms with Crippen LogP contribution in [0.5, 0.6) is 5.88 Å². The molecule has 0 bridgehead atoms. The van der Waals surface area contributed by atoms with Crippen LogP contribution in [-0.2, 0) is 11.8 Å². The summed E-state index contributed by atoms with van der Waals surface area (Å²) in [6.45, 7) is 1.97. The summed E-state index contributed by atoms with van der Waals surface area (Å²) in [7, 11) is 1.79. The van der Waals surface area contributed by atoms with E-state index >= 15 is 0 Å². The fraction of sp³-hybridized carbons (Fsp3) is 0.500. The number of likely N-dealkylation sites (tertiary alicyclic amines) is 1. The Kier molecular flexibility index (Phi) is 4.17. The van der Waals surface area contributed by atoms with Gasteiger partial charge in [0.25, 0.3) is 5.91 Å². The van der Waals surface area contributed by atoms with E-state index in [1.165, 1.54) is 0 Å². The number of nitrogens with zero attached hydrogens (tertiary/aromatic N) is 4. The second kappa shape index (κ2) is 6.48. The van der Waals surface area contributed by atoms with Crippen LogP contribution in [0.25, 0.3) is 0 Å². The molecule has 2 fully saturated rings. The summed E-state index contributed by atoms with van der Waals surface area (Å²) in [5.74, 6) is 0.672. The van der Waals surface area contributed by atoms with Gasteiger partial charge in [-0.25, -0.2) is 4.98 Å². The topological polar surface area (TPSA) is 69.5 Å². The van der Waals surface area contributed by atoms with Crippen molar-refractivity contribution in [3.8, 4) is 5.88 Å². The molecule has 7 heteroatoms. The van der Waals surface area contributed by atoms with Crippen LogP contribution in [0.4, 0.5) is 0 Å².